The van der Waals surface area contributed by atoms with Crippen LogP contribution in [0, 0.1) is 5.41 Å². The third-order valence-electron chi connectivity index (χ3n) is 1.67. The second kappa shape index (κ2) is 5.65. The van der Waals surface area contributed by atoms with Gasteiger partial charge in [-0.05, 0) is 30.7 Å². The van der Waals surface area contributed by atoms with Crippen LogP contribution in [0.3, 0.4) is 0 Å². The first-order valence-electron chi connectivity index (χ1n) is 4.40. The SMILES string of the molecule is N=C(N)CCCOc1ccc(Br)cc1. The van der Waals surface area contributed by atoms with E-state index < -0.39 is 0 Å². The van der Waals surface area contributed by atoms with Crippen LogP contribution < -0.4 is 10.5 Å². The number of amidine groups is 1. The fourth-order valence-corrected chi connectivity index (χ4v) is 1.25. The first-order chi connectivity index (χ1) is 6.68. The van der Waals surface area contributed by atoms with E-state index in [4.69, 9.17) is 15.9 Å². The van der Waals surface area contributed by atoms with Crippen molar-refractivity contribution in [2.45, 2.75) is 12.8 Å². The number of benzene rings is 1. The van der Waals surface area contributed by atoms with E-state index in [1.165, 1.54) is 0 Å². The Labute approximate surface area is 91.9 Å². The zero-order chi connectivity index (χ0) is 10.4. The number of hydrogen-bond acceptors (Lipinski definition) is 2. The largest absolute Gasteiger partial charge is 0.494 e. The molecule has 0 fully saturated rings. The predicted octanol–water partition coefficient (Wildman–Crippen LogP) is 2.54. The second-order valence-corrected chi connectivity index (χ2v) is 3.85. The Kier molecular flexibility index (Phi) is 4.46. The highest BCUT2D eigenvalue weighted by atomic mass is 79.9. The minimum Gasteiger partial charge on any atom is -0.494 e. The lowest BCUT2D eigenvalue weighted by Crippen LogP contribution is -2.10. The Balaban J connectivity index is 2.25. The van der Waals surface area contributed by atoms with Crippen molar-refractivity contribution in [1.29, 1.82) is 5.41 Å². The van der Waals surface area contributed by atoms with E-state index in [1.807, 2.05) is 24.3 Å². The first-order valence-corrected chi connectivity index (χ1v) is 5.19. The van der Waals surface area contributed by atoms with E-state index in [0.29, 0.717) is 13.0 Å². The number of hydrogen-bond donors (Lipinski definition) is 2. The van der Waals surface area contributed by atoms with Crippen LogP contribution in [0.5, 0.6) is 5.75 Å². The third-order valence-corrected chi connectivity index (χ3v) is 2.20. The predicted molar refractivity (Wildman–Crippen MR) is 60.8 cm³/mol. The molecule has 3 N–H and O–H groups in total. The van der Waals surface area contributed by atoms with E-state index in [0.717, 1.165) is 16.6 Å². The monoisotopic (exact) mass is 256 g/mol. The topological polar surface area (TPSA) is 59.1 Å². The highest BCUT2D eigenvalue weighted by Gasteiger charge is 1.94. The molecular weight excluding hydrogens is 244 g/mol. The molecule has 0 aliphatic heterocycles. The molecule has 0 atom stereocenters. The fraction of sp³-hybridized carbons (Fsp3) is 0.300. The zero-order valence-corrected chi connectivity index (χ0v) is 9.38. The minimum absolute atomic E-state index is 0.212. The summed E-state index contributed by atoms with van der Waals surface area (Å²) in [6.45, 7) is 0.598. The van der Waals surface area contributed by atoms with Crippen molar-refractivity contribution < 1.29 is 4.74 Å². The summed E-state index contributed by atoms with van der Waals surface area (Å²) in [5.41, 5.74) is 5.21. The molecule has 0 saturated carbocycles. The molecule has 0 spiro atoms. The van der Waals surface area contributed by atoms with Crippen LogP contribution in [0.25, 0.3) is 0 Å². The lowest BCUT2D eigenvalue weighted by atomic mass is 10.3. The van der Waals surface area contributed by atoms with Gasteiger partial charge in [-0.3, -0.25) is 5.41 Å². The summed E-state index contributed by atoms with van der Waals surface area (Å²) < 4.78 is 6.47. The third kappa shape index (κ3) is 4.28. The quantitative estimate of drug-likeness (QED) is 0.483. The maximum Gasteiger partial charge on any atom is 0.119 e. The van der Waals surface area contributed by atoms with Gasteiger partial charge in [0.2, 0.25) is 0 Å². The van der Waals surface area contributed by atoms with Crippen molar-refractivity contribution in [1.82, 2.24) is 0 Å². The highest BCUT2D eigenvalue weighted by molar-refractivity contribution is 9.10. The molecule has 0 unspecified atom stereocenters. The smallest absolute Gasteiger partial charge is 0.119 e. The molecule has 1 rings (SSSR count). The molecule has 0 aromatic heterocycles. The van der Waals surface area contributed by atoms with Gasteiger partial charge in [0, 0.05) is 10.9 Å². The highest BCUT2D eigenvalue weighted by Crippen LogP contribution is 2.16. The number of rotatable bonds is 5. The molecule has 0 bridgehead atoms. The maximum absolute atomic E-state index is 7.02. The Morgan fingerprint density at radius 1 is 1.36 bits per heavy atom. The number of halogens is 1. The molecule has 0 saturated heterocycles. The van der Waals surface area contributed by atoms with Gasteiger partial charge >= 0.3 is 0 Å². The van der Waals surface area contributed by atoms with Crippen LogP contribution in [-0.4, -0.2) is 12.4 Å². The summed E-state index contributed by atoms with van der Waals surface area (Å²) in [6.07, 6.45) is 1.38. The van der Waals surface area contributed by atoms with Crippen LogP contribution in [0.1, 0.15) is 12.8 Å². The van der Waals surface area contributed by atoms with Gasteiger partial charge in [0.05, 0.1) is 12.4 Å². The van der Waals surface area contributed by atoms with E-state index in [2.05, 4.69) is 15.9 Å². The van der Waals surface area contributed by atoms with Gasteiger partial charge in [0.15, 0.2) is 0 Å². The standard InChI is InChI=1S/C10H13BrN2O/c11-8-3-5-9(6-4-8)14-7-1-2-10(12)13/h3-6H,1-2,7H2,(H3,12,13). The van der Waals surface area contributed by atoms with Crippen molar-refractivity contribution in [2.75, 3.05) is 6.61 Å². The Morgan fingerprint density at radius 3 is 2.57 bits per heavy atom. The van der Waals surface area contributed by atoms with Crippen molar-refractivity contribution >= 4 is 21.8 Å². The number of nitrogens with one attached hydrogen (secondary N) is 1. The van der Waals surface area contributed by atoms with E-state index in [1.54, 1.807) is 0 Å². The van der Waals surface area contributed by atoms with E-state index >= 15 is 0 Å². The molecule has 14 heavy (non-hydrogen) atoms. The van der Waals surface area contributed by atoms with Crippen LogP contribution in [0.15, 0.2) is 28.7 Å². The van der Waals surface area contributed by atoms with Crippen molar-refractivity contribution in [2.24, 2.45) is 5.73 Å². The Hall–Kier alpha value is -1.03. The fourth-order valence-electron chi connectivity index (χ4n) is 0.983. The number of nitrogens with two attached hydrogens (primary N) is 1. The zero-order valence-electron chi connectivity index (χ0n) is 7.79. The Bertz CT molecular complexity index is 297. The number of ether oxygens (including phenoxy) is 1. The molecule has 1 aromatic rings. The van der Waals surface area contributed by atoms with E-state index in [-0.39, 0.29) is 5.84 Å². The molecule has 4 heteroatoms. The summed E-state index contributed by atoms with van der Waals surface area (Å²) in [6, 6.07) is 7.66. The van der Waals surface area contributed by atoms with Gasteiger partial charge in [-0.1, -0.05) is 15.9 Å². The van der Waals surface area contributed by atoms with Crippen LogP contribution >= 0.6 is 15.9 Å². The second-order valence-electron chi connectivity index (χ2n) is 2.93. The van der Waals surface area contributed by atoms with Gasteiger partial charge in [-0.15, -0.1) is 0 Å². The van der Waals surface area contributed by atoms with Gasteiger partial charge in [0.1, 0.15) is 5.75 Å². The summed E-state index contributed by atoms with van der Waals surface area (Å²) >= 11 is 3.35. The van der Waals surface area contributed by atoms with Crippen LogP contribution in [0.2, 0.25) is 0 Å². The van der Waals surface area contributed by atoms with E-state index in [9.17, 15) is 0 Å². The Morgan fingerprint density at radius 2 is 2.00 bits per heavy atom. The first kappa shape index (κ1) is 11.0. The molecule has 3 nitrogen and oxygen atoms in total. The minimum atomic E-state index is 0.212. The average molecular weight is 257 g/mol. The van der Waals surface area contributed by atoms with Gasteiger partial charge in [-0.25, -0.2) is 0 Å². The van der Waals surface area contributed by atoms with Gasteiger partial charge in [-0.2, -0.15) is 0 Å². The van der Waals surface area contributed by atoms with Crippen molar-refractivity contribution in [3.8, 4) is 5.75 Å². The molecule has 0 heterocycles. The summed E-state index contributed by atoms with van der Waals surface area (Å²) in [5, 5.41) is 7.02. The summed E-state index contributed by atoms with van der Waals surface area (Å²) in [5.74, 6) is 1.06. The molecule has 76 valence electrons. The molecular formula is C10H13BrN2O. The van der Waals surface area contributed by atoms with Crippen LogP contribution in [-0.2, 0) is 0 Å². The summed E-state index contributed by atoms with van der Waals surface area (Å²) in [4.78, 5) is 0. The molecule has 0 aliphatic carbocycles. The molecule has 0 aliphatic rings. The molecule has 1 aromatic carbocycles. The molecule has 0 radical (unpaired) electrons. The van der Waals surface area contributed by atoms with Crippen molar-refractivity contribution in [3.05, 3.63) is 28.7 Å². The summed E-state index contributed by atoms with van der Waals surface area (Å²) in [7, 11) is 0. The molecule has 0 amide bonds. The maximum atomic E-state index is 7.02. The van der Waals surface area contributed by atoms with Gasteiger partial charge < -0.3 is 10.5 Å². The van der Waals surface area contributed by atoms with Crippen LogP contribution in [0.4, 0.5) is 0 Å². The van der Waals surface area contributed by atoms with Crippen molar-refractivity contribution in [3.63, 3.8) is 0 Å². The average Bonchev–Trinajstić information content (AvgIpc) is 2.15. The lowest BCUT2D eigenvalue weighted by molar-refractivity contribution is 0.313. The normalized spacial score (nSPS) is 9.79. The van der Waals surface area contributed by atoms with Gasteiger partial charge in [0.25, 0.3) is 0 Å². The lowest BCUT2D eigenvalue weighted by Gasteiger charge is -2.05.